The Balaban J connectivity index is 2.49. The summed E-state index contributed by atoms with van der Waals surface area (Å²) in [7, 11) is 0. The van der Waals surface area contributed by atoms with Gasteiger partial charge in [0.15, 0.2) is 0 Å². The van der Waals surface area contributed by atoms with E-state index >= 15 is 0 Å². The minimum Gasteiger partial charge on any atom is -0.357 e. The van der Waals surface area contributed by atoms with E-state index in [0.29, 0.717) is 17.4 Å². The topological polar surface area (TPSA) is 71.0 Å². The first-order valence-electron chi connectivity index (χ1n) is 12.6. The summed E-state index contributed by atoms with van der Waals surface area (Å²) in [5.74, 6) is -1.39. The average molecular weight is 348 g/mol. The van der Waals surface area contributed by atoms with Gasteiger partial charge < -0.3 is 4.90 Å². The third-order valence-corrected chi connectivity index (χ3v) is 3.92. The Bertz CT molecular complexity index is 1350. The van der Waals surface area contributed by atoms with Crippen LogP contribution >= 0.6 is 0 Å². The molecule has 1 aliphatic heterocycles. The normalized spacial score (nSPS) is 27.1. The highest BCUT2D eigenvalue weighted by atomic mass is 16.2. The molecule has 130 valence electrons. The molecule has 0 saturated carbocycles. The summed E-state index contributed by atoms with van der Waals surface area (Å²) in [4.78, 5) is 27.5. The Morgan fingerprint density at radius 3 is 3.00 bits per heavy atom. The maximum absolute atomic E-state index is 13.4. The summed E-state index contributed by atoms with van der Waals surface area (Å²) in [5.41, 5.74) is -4.47. The second-order valence-electron chi connectivity index (χ2n) is 5.75. The first-order valence-corrected chi connectivity index (χ1v) is 7.61. The van der Waals surface area contributed by atoms with Crippen LogP contribution in [0.3, 0.4) is 0 Å². The van der Waals surface area contributed by atoms with E-state index in [2.05, 4.69) is 0 Å². The van der Waals surface area contributed by atoms with Crippen molar-refractivity contribution in [3.8, 4) is 6.07 Å². The summed E-state index contributed by atoms with van der Waals surface area (Å²) >= 11 is 0. The lowest BCUT2D eigenvalue weighted by atomic mass is 10.0. The molecule has 1 atom stereocenters. The molecule has 0 aliphatic carbocycles. The molecule has 1 aromatic heterocycles. The van der Waals surface area contributed by atoms with Crippen LogP contribution in [0.25, 0.3) is 0 Å². The molecule has 1 aromatic carbocycles. The summed E-state index contributed by atoms with van der Waals surface area (Å²) in [6.45, 7) is -4.69. The molecule has 1 fully saturated rings. The first kappa shape index (κ1) is 8.52. The molecule has 2 heterocycles. The Hall–Kier alpha value is -2.81. The molecule has 3 rings (SSSR count). The third-order valence-electron chi connectivity index (χ3n) is 3.92. The molecule has 25 heavy (non-hydrogen) atoms. The molecular formula is C19H22N4O2. The Kier molecular flexibility index (Phi) is 2.38. The van der Waals surface area contributed by atoms with E-state index in [1.807, 2.05) is 0 Å². The molecule has 6 nitrogen and oxygen atoms in total. The summed E-state index contributed by atoms with van der Waals surface area (Å²) < 4.78 is 80.9. The molecule has 0 bridgehead atoms. The van der Waals surface area contributed by atoms with Crippen LogP contribution in [0, 0.1) is 17.2 Å². The number of hydrogen-bond acceptors (Lipinski definition) is 4. The Labute approximate surface area is 160 Å². The van der Waals surface area contributed by atoms with Gasteiger partial charge in [0.25, 0.3) is 5.56 Å². The molecule has 6 heteroatoms. The van der Waals surface area contributed by atoms with Crippen LogP contribution in [0.5, 0.6) is 0 Å². The standard InChI is InChI=1S/C19H22N4O2/c1-14-6-5-9-22(12-14)17-10-18(24)21(2)19(25)23(17)13-16-8-4-3-7-15(16)11-20/h3-4,7-8,10,14H,5-6,9,12-13H2,1-2H3/t14-/m1/s1/i2D3,3D,4D,7D,8D,13D2,14D. The number of nitrogens with zero attached hydrogens (tertiary/aromatic N) is 4. The van der Waals surface area contributed by atoms with E-state index in [1.165, 1.54) is 4.90 Å². The zero-order valence-corrected chi connectivity index (χ0v) is 13.5. The van der Waals surface area contributed by atoms with E-state index in [4.69, 9.17) is 13.7 Å². The van der Waals surface area contributed by atoms with Crippen molar-refractivity contribution in [3.63, 3.8) is 0 Å². The van der Waals surface area contributed by atoms with Crippen molar-refractivity contribution in [3.05, 3.63) is 62.2 Å². The van der Waals surface area contributed by atoms with Crippen LogP contribution in [0.15, 0.2) is 39.8 Å². The van der Waals surface area contributed by atoms with Crippen LogP contribution in [-0.4, -0.2) is 22.2 Å². The van der Waals surface area contributed by atoms with Crippen LogP contribution in [-0.2, 0) is 13.5 Å². The van der Waals surface area contributed by atoms with Gasteiger partial charge in [-0.1, -0.05) is 25.1 Å². The second-order valence-corrected chi connectivity index (χ2v) is 5.75. The lowest BCUT2D eigenvalue weighted by molar-refractivity contribution is 0.437. The van der Waals surface area contributed by atoms with Gasteiger partial charge in [-0.05, 0) is 30.3 Å². The van der Waals surface area contributed by atoms with Gasteiger partial charge in [0, 0.05) is 31.6 Å². The number of benzene rings is 1. The van der Waals surface area contributed by atoms with Gasteiger partial charge in [-0.25, -0.2) is 4.79 Å². The highest BCUT2D eigenvalue weighted by molar-refractivity contribution is 5.42. The minimum atomic E-state index is -3.29. The molecule has 1 aliphatic rings. The predicted molar refractivity (Wildman–Crippen MR) is 96.8 cm³/mol. The number of rotatable bonds is 3. The number of piperidine rings is 1. The minimum absolute atomic E-state index is 0.0301. The Morgan fingerprint density at radius 1 is 1.48 bits per heavy atom. The van der Waals surface area contributed by atoms with Gasteiger partial charge in [-0.2, -0.15) is 5.26 Å². The van der Waals surface area contributed by atoms with Gasteiger partial charge >= 0.3 is 5.69 Å². The molecule has 0 spiro atoms. The van der Waals surface area contributed by atoms with Gasteiger partial charge in [-0.3, -0.25) is 13.9 Å². The quantitative estimate of drug-likeness (QED) is 0.846. The van der Waals surface area contributed by atoms with Crippen LogP contribution < -0.4 is 16.1 Å². The van der Waals surface area contributed by atoms with Crippen molar-refractivity contribution in [1.82, 2.24) is 9.13 Å². The predicted octanol–water partition coefficient (Wildman–Crippen LogP) is 1.70. The van der Waals surface area contributed by atoms with Crippen molar-refractivity contribution in [2.45, 2.75) is 26.3 Å². The largest absolute Gasteiger partial charge is 0.357 e. The fourth-order valence-corrected chi connectivity index (χ4v) is 2.71. The zero-order chi connectivity index (χ0) is 26.7. The highest BCUT2D eigenvalue weighted by Gasteiger charge is 2.21. The lowest BCUT2D eigenvalue weighted by Crippen LogP contribution is -2.44. The van der Waals surface area contributed by atoms with Gasteiger partial charge in [0.2, 0.25) is 0 Å². The summed E-state index contributed by atoms with van der Waals surface area (Å²) in [6.07, 6.45) is 0.936. The zero-order valence-electron chi connectivity index (χ0n) is 23.5. The van der Waals surface area contributed by atoms with Crippen LogP contribution in [0.1, 0.15) is 44.6 Å². The molecule has 2 aromatic rings. The van der Waals surface area contributed by atoms with Crippen molar-refractivity contribution in [1.29, 1.82) is 5.26 Å². The van der Waals surface area contributed by atoms with Crippen LogP contribution in [0.4, 0.5) is 5.82 Å². The Morgan fingerprint density at radius 2 is 2.28 bits per heavy atom. The molecule has 0 amide bonds. The van der Waals surface area contributed by atoms with E-state index < -0.39 is 65.9 Å². The molecule has 0 N–H and O–H groups in total. The highest BCUT2D eigenvalue weighted by Crippen LogP contribution is 2.22. The fourth-order valence-electron chi connectivity index (χ4n) is 2.71. The summed E-state index contributed by atoms with van der Waals surface area (Å²) in [5, 5.41) is 9.60. The maximum Gasteiger partial charge on any atom is 0.332 e. The number of hydrogen-bond donors (Lipinski definition) is 0. The maximum atomic E-state index is 13.4. The number of nitriles is 1. The van der Waals surface area contributed by atoms with Crippen molar-refractivity contribution >= 4 is 5.82 Å². The SMILES string of the molecule is [2H]c1c([2H])c([2H])c(C([2H])([2H])n2c(N3CCC[C@@]([2H])(C)C3)cc(=O)n(C([2H])([2H])[2H])c2=O)c(C#N)c1[2H]. The van der Waals surface area contributed by atoms with Crippen molar-refractivity contribution < 1.29 is 13.7 Å². The molecule has 0 radical (unpaired) electrons. The van der Waals surface area contributed by atoms with E-state index in [-0.39, 0.29) is 23.5 Å². The second kappa shape index (κ2) is 6.98. The van der Waals surface area contributed by atoms with Gasteiger partial charge in [0.05, 0.1) is 26.4 Å². The third kappa shape index (κ3) is 3.36. The smallest absolute Gasteiger partial charge is 0.332 e. The molecular weight excluding hydrogens is 316 g/mol. The number of anilines is 1. The molecule has 1 saturated heterocycles. The average Bonchev–Trinajstić information content (AvgIpc) is 2.71. The van der Waals surface area contributed by atoms with Crippen molar-refractivity contribution in [2.75, 3.05) is 18.0 Å². The molecule has 0 unspecified atom stereocenters. The lowest BCUT2D eigenvalue weighted by Gasteiger charge is -2.34. The monoisotopic (exact) mass is 348 g/mol. The van der Waals surface area contributed by atoms with Crippen LogP contribution in [0.2, 0.25) is 0 Å². The first-order chi connectivity index (χ1) is 16.0. The van der Waals surface area contributed by atoms with E-state index in [1.54, 1.807) is 13.0 Å². The van der Waals surface area contributed by atoms with Gasteiger partial charge in [-0.15, -0.1) is 0 Å². The summed E-state index contributed by atoms with van der Waals surface area (Å²) in [6, 6.07) is -1.10. The number of aromatic nitrogens is 2. The fraction of sp³-hybridized carbons (Fsp3) is 0.421. The van der Waals surface area contributed by atoms with E-state index in [9.17, 15) is 14.9 Å². The van der Waals surface area contributed by atoms with E-state index in [0.717, 1.165) is 6.07 Å². The van der Waals surface area contributed by atoms with Gasteiger partial charge in [0.1, 0.15) is 5.82 Å². The van der Waals surface area contributed by atoms with Crippen molar-refractivity contribution in [2.24, 2.45) is 12.9 Å².